The minimum Gasteiger partial charge on any atom is -0.481 e. The first-order valence-electron chi connectivity index (χ1n) is 6.50. The summed E-state index contributed by atoms with van der Waals surface area (Å²) in [5.41, 5.74) is 0.322. The highest BCUT2D eigenvalue weighted by Gasteiger charge is 2.40. The number of nitrogens with zero attached hydrogens (tertiary/aromatic N) is 2. The number of carbonyl (C=O) groups is 2. The highest BCUT2D eigenvalue weighted by atomic mass is 35.5. The van der Waals surface area contributed by atoms with Crippen molar-refractivity contribution in [2.24, 2.45) is 13.0 Å². The van der Waals surface area contributed by atoms with E-state index in [-0.39, 0.29) is 29.3 Å². The van der Waals surface area contributed by atoms with Crippen molar-refractivity contribution in [3.8, 4) is 0 Å². The van der Waals surface area contributed by atoms with Crippen LogP contribution in [0.3, 0.4) is 0 Å². The number of rotatable bonds is 4. The molecule has 0 bridgehead atoms. The number of hydrogen-bond acceptors (Lipinski definition) is 3. The summed E-state index contributed by atoms with van der Waals surface area (Å²) in [6.07, 6.45) is 0. The highest BCUT2D eigenvalue weighted by Crippen LogP contribution is 2.28. The SMILES string of the molecule is CCN(C(=O)c1cc(Cl)c(Cl)n1C)C1COCC1C(=O)O. The van der Waals surface area contributed by atoms with Crippen molar-refractivity contribution >= 4 is 35.1 Å². The Morgan fingerprint density at radius 2 is 2.14 bits per heavy atom. The van der Waals surface area contributed by atoms with Gasteiger partial charge in [0.25, 0.3) is 5.91 Å². The Kier molecular flexibility index (Phi) is 4.81. The number of aromatic nitrogens is 1. The van der Waals surface area contributed by atoms with Gasteiger partial charge in [-0.15, -0.1) is 0 Å². The summed E-state index contributed by atoms with van der Waals surface area (Å²) in [6.45, 7) is 2.49. The van der Waals surface area contributed by atoms with Crippen LogP contribution in [0, 0.1) is 5.92 Å². The van der Waals surface area contributed by atoms with E-state index in [0.717, 1.165) is 0 Å². The van der Waals surface area contributed by atoms with Crippen LogP contribution in [0.25, 0.3) is 0 Å². The van der Waals surface area contributed by atoms with Crippen LogP contribution in [0.15, 0.2) is 6.07 Å². The molecule has 2 heterocycles. The maximum absolute atomic E-state index is 12.7. The van der Waals surface area contributed by atoms with Gasteiger partial charge in [0.15, 0.2) is 0 Å². The Bertz CT molecular complexity index is 573. The van der Waals surface area contributed by atoms with E-state index in [1.807, 2.05) is 0 Å². The summed E-state index contributed by atoms with van der Waals surface area (Å²) < 4.78 is 6.71. The summed E-state index contributed by atoms with van der Waals surface area (Å²) in [7, 11) is 1.63. The molecule has 2 rings (SSSR count). The van der Waals surface area contributed by atoms with Gasteiger partial charge in [-0.25, -0.2) is 0 Å². The fraction of sp³-hybridized carbons (Fsp3) is 0.538. The lowest BCUT2D eigenvalue weighted by Gasteiger charge is -2.29. The summed E-state index contributed by atoms with van der Waals surface area (Å²) in [5, 5.41) is 9.78. The van der Waals surface area contributed by atoms with Crippen LogP contribution in [0.4, 0.5) is 0 Å². The molecule has 1 amide bonds. The molecule has 1 saturated heterocycles. The molecule has 0 spiro atoms. The van der Waals surface area contributed by atoms with E-state index in [1.54, 1.807) is 14.0 Å². The Balaban J connectivity index is 2.30. The third-order valence-electron chi connectivity index (χ3n) is 3.71. The number of hydrogen-bond donors (Lipinski definition) is 1. The molecule has 1 aromatic heterocycles. The Morgan fingerprint density at radius 1 is 1.48 bits per heavy atom. The lowest BCUT2D eigenvalue weighted by atomic mass is 10.0. The van der Waals surface area contributed by atoms with Gasteiger partial charge in [-0.05, 0) is 13.0 Å². The zero-order chi connectivity index (χ0) is 15.7. The lowest BCUT2D eigenvalue weighted by Crippen LogP contribution is -2.46. The van der Waals surface area contributed by atoms with E-state index in [2.05, 4.69) is 0 Å². The topological polar surface area (TPSA) is 71.8 Å². The van der Waals surface area contributed by atoms with Crippen molar-refractivity contribution in [2.75, 3.05) is 19.8 Å². The second-order valence-electron chi connectivity index (χ2n) is 4.87. The van der Waals surface area contributed by atoms with Crippen LogP contribution >= 0.6 is 23.2 Å². The number of ether oxygens (including phenoxy) is 1. The van der Waals surface area contributed by atoms with E-state index in [4.69, 9.17) is 27.9 Å². The summed E-state index contributed by atoms with van der Waals surface area (Å²) >= 11 is 11.9. The smallest absolute Gasteiger partial charge is 0.311 e. The molecule has 1 fully saturated rings. The van der Waals surface area contributed by atoms with Crippen molar-refractivity contribution in [3.05, 3.63) is 21.9 Å². The van der Waals surface area contributed by atoms with Crippen LogP contribution in [0.5, 0.6) is 0 Å². The van der Waals surface area contributed by atoms with E-state index in [9.17, 15) is 14.7 Å². The second kappa shape index (κ2) is 6.25. The highest BCUT2D eigenvalue weighted by molar-refractivity contribution is 6.41. The van der Waals surface area contributed by atoms with E-state index in [1.165, 1.54) is 15.5 Å². The molecular weight excluding hydrogens is 319 g/mol. The number of aliphatic carboxylic acids is 1. The fourth-order valence-electron chi connectivity index (χ4n) is 2.51. The number of halogens is 2. The minimum atomic E-state index is -0.966. The molecule has 6 nitrogen and oxygen atoms in total. The standard InChI is InChI=1S/C13H16Cl2N2O4/c1-3-17(10-6-21-5-7(10)13(19)20)12(18)9-4-8(14)11(15)16(9)2/h4,7,10H,3,5-6H2,1-2H3,(H,19,20). The first kappa shape index (κ1) is 16.1. The van der Waals surface area contributed by atoms with Crippen molar-refractivity contribution in [2.45, 2.75) is 13.0 Å². The predicted molar refractivity (Wildman–Crippen MR) is 77.9 cm³/mol. The zero-order valence-corrected chi connectivity index (χ0v) is 13.2. The van der Waals surface area contributed by atoms with Crippen LogP contribution < -0.4 is 0 Å². The molecule has 21 heavy (non-hydrogen) atoms. The summed E-state index contributed by atoms with van der Waals surface area (Å²) in [4.78, 5) is 25.4. The third kappa shape index (κ3) is 2.88. The summed E-state index contributed by atoms with van der Waals surface area (Å²) in [6, 6.07) is 0.993. The van der Waals surface area contributed by atoms with Crippen molar-refractivity contribution in [1.82, 2.24) is 9.47 Å². The van der Waals surface area contributed by atoms with Gasteiger partial charge in [0.2, 0.25) is 0 Å². The average molecular weight is 335 g/mol. The molecule has 1 N–H and O–H groups in total. The Hall–Kier alpha value is -1.24. The lowest BCUT2D eigenvalue weighted by molar-refractivity contribution is -0.142. The van der Waals surface area contributed by atoms with Gasteiger partial charge < -0.3 is 19.3 Å². The van der Waals surface area contributed by atoms with Gasteiger partial charge in [-0.2, -0.15) is 0 Å². The number of carboxylic acids is 1. The molecule has 0 aromatic carbocycles. The zero-order valence-electron chi connectivity index (χ0n) is 11.7. The predicted octanol–water partition coefficient (Wildman–Crippen LogP) is 1.89. The van der Waals surface area contributed by atoms with E-state index < -0.39 is 17.9 Å². The Labute approximate surface area is 132 Å². The van der Waals surface area contributed by atoms with Crippen molar-refractivity contribution in [1.29, 1.82) is 0 Å². The van der Waals surface area contributed by atoms with Crippen LogP contribution in [0.2, 0.25) is 10.2 Å². The van der Waals surface area contributed by atoms with E-state index >= 15 is 0 Å². The fourth-order valence-corrected chi connectivity index (χ4v) is 2.89. The maximum atomic E-state index is 12.7. The number of carbonyl (C=O) groups excluding carboxylic acids is 1. The summed E-state index contributed by atoms with van der Waals surface area (Å²) in [5.74, 6) is -2.00. The number of amides is 1. The molecule has 1 aliphatic heterocycles. The quantitative estimate of drug-likeness (QED) is 0.912. The largest absolute Gasteiger partial charge is 0.481 e. The molecule has 8 heteroatoms. The molecule has 2 unspecified atom stereocenters. The first-order chi connectivity index (χ1) is 9.88. The monoisotopic (exact) mass is 334 g/mol. The minimum absolute atomic E-state index is 0.110. The molecule has 2 atom stereocenters. The molecule has 0 radical (unpaired) electrons. The normalized spacial score (nSPS) is 21.5. The number of carboxylic acid groups (broad SMARTS) is 1. The molecule has 0 aliphatic carbocycles. The molecule has 1 aromatic rings. The van der Waals surface area contributed by atoms with Gasteiger partial charge in [-0.3, -0.25) is 9.59 Å². The molecule has 1 aliphatic rings. The van der Waals surface area contributed by atoms with Crippen molar-refractivity contribution < 1.29 is 19.4 Å². The van der Waals surface area contributed by atoms with Crippen LogP contribution in [-0.2, 0) is 16.6 Å². The van der Waals surface area contributed by atoms with Gasteiger partial charge in [0.05, 0.1) is 24.3 Å². The van der Waals surface area contributed by atoms with Gasteiger partial charge in [0.1, 0.15) is 16.8 Å². The Morgan fingerprint density at radius 3 is 2.62 bits per heavy atom. The van der Waals surface area contributed by atoms with E-state index in [0.29, 0.717) is 12.2 Å². The van der Waals surface area contributed by atoms with Gasteiger partial charge in [0, 0.05) is 13.6 Å². The second-order valence-corrected chi connectivity index (χ2v) is 5.63. The van der Waals surface area contributed by atoms with Crippen LogP contribution in [-0.4, -0.2) is 52.3 Å². The van der Waals surface area contributed by atoms with Crippen LogP contribution in [0.1, 0.15) is 17.4 Å². The van der Waals surface area contributed by atoms with Crippen molar-refractivity contribution in [3.63, 3.8) is 0 Å². The van der Waals surface area contributed by atoms with Gasteiger partial charge >= 0.3 is 5.97 Å². The molecule has 116 valence electrons. The first-order valence-corrected chi connectivity index (χ1v) is 7.26. The average Bonchev–Trinajstić information content (AvgIpc) is 3.01. The van der Waals surface area contributed by atoms with Gasteiger partial charge in [-0.1, -0.05) is 23.2 Å². The number of likely N-dealkylation sites (N-methyl/N-ethyl adjacent to an activating group) is 1. The third-order valence-corrected chi connectivity index (χ3v) is 4.55. The maximum Gasteiger partial charge on any atom is 0.311 e. The molecular formula is C13H16Cl2N2O4. The molecule has 0 saturated carbocycles.